The molecule has 0 spiro atoms. The van der Waals surface area contributed by atoms with Crippen LogP contribution in [-0.4, -0.2) is 61.0 Å². The lowest BCUT2D eigenvalue weighted by Gasteiger charge is -2.15. The Balaban J connectivity index is 1.39. The third kappa shape index (κ3) is 5.00. The Morgan fingerprint density at radius 1 is 1.30 bits per heavy atom. The third-order valence-corrected chi connectivity index (χ3v) is 6.40. The van der Waals surface area contributed by atoms with Gasteiger partial charge in [-0.1, -0.05) is 56.8 Å². The number of rotatable bonds is 7. The van der Waals surface area contributed by atoms with Crippen LogP contribution in [0.1, 0.15) is 49.3 Å². The predicted octanol–water partition coefficient (Wildman–Crippen LogP) is 3.93. The number of fused-ring (bicyclic) bond motifs is 1. The highest BCUT2D eigenvalue weighted by Crippen LogP contribution is 2.33. The Labute approximate surface area is 214 Å². The van der Waals surface area contributed by atoms with E-state index in [-0.39, 0.29) is 35.4 Å². The number of hydrogen-bond donors (Lipinski definition) is 2. The molecule has 5 rings (SSSR count). The minimum atomic E-state index is -0.327. The van der Waals surface area contributed by atoms with E-state index >= 15 is 0 Å². The minimum absolute atomic E-state index is 0.0691. The number of H-pyrrole nitrogens is 1. The lowest BCUT2D eigenvalue weighted by molar-refractivity contribution is -0.125. The number of hydrogen-bond acceptors (Lipinski definition) is 8. The highest BCUT2D eigenvalue weighted by molar-refractivity contribution is 6.01. The molecule has 10 nitrogen and oxygen atoms in total. The molecule has 3 aromatic heterocycles. The van der Waals surface area contributed by atoms with Gasteiger partial charge in [0, 0.05) is 37.2 Å². The molecule has 0 unspecified atom stereocenters. The van der Waals surface area contributed by atoms with Crippen LogP contribution in [0.25, 0.3) is 22.2 Å². The standard InChI is InChI=1S/C27H29N7O3/c1-5-21(36)34-12-10-18(15-34)29-25-22-19(9-11-28-24(22)31-32-25)17-8-6-7-16(13-17)14-20(35)23-30-26(37-33-23)27(2,3)4/h5-9,11,13,18H,1,10,12,14-15H2,2-4H3,(H2,28,29,31,32)/t18-/m1/s1. The number of anilines is 1. The lowest BCUT2D eigenvalue weighted by Crippen LogP contribution is -2.30. The summed E-state index contributed by atoms with van der Waals surface area (Å²) in [6.07, 6.45) is 4.03. The summed E-state index contributed by atoms with van der Waals surface area (Å²) >= 11 is 0. The van der Waals surface area contributed by atoms with Crippen LogP contribution in [0.5, 0.6) is 0 Å². The fourth-order valence-electron chi connectivity index (χ4n) is 4.45. The molecule has 190 valence electrons. The summed E-state index contributed by atoms with van der Waals surface area (Å²) in [5.74, 6) is 0.924. The van der Waals surface area contributed by atoms with Gasteiger partial charge in [0.05, 0.1) is 5.39 Å². The number of amides is 1. The van der Waals surface area contributed by atoms with E-state index in [4.69, 9.17) is 4.52 Å². The molecule has 0 saturated carbocycles. The molecule has 1 aromatic carbocycles. The molecule has 1 amide bonds. The number of benzene rings is 1. The van der Waals surface area contributed by atoms with E-state index in [1.807, 2.05) is 51.1 Å². The molecular formula is C27H29N7O3. The second-order valence-electron chi connectivity index (χ2n) is 10.2. The number of aromatic nitrogens is 5. The van der Waals surface area contributed by atoms with Gasteiger partial charge < -0.3 is 14.7 Å². The first-order valence-electron chi connectivity index (χ1n) is 12.2. The monoisotopic (exact) mass is 499 g/mol. The molecule has 1 aliphatic rings. The summed E-state index contributed by atoms with van der Waals surface area (Å²) in [6, 6.07) is 9.80. The normalized spacial score (nSPS) is 15.8. The number of carbonyl (C=O) groups is 2. The zero-order valence-electron chi connectivity index (χ0n) is 21.1. The van der Waals surface area contributed by atoms with E-state index in [1.165, 1.54) is 6.08 Å². The van der Waals surface area contributed by atoms with E-state index in [0.717, 1.165) is 28.5 Å². The highest BCUT2D eigenvalue weighted by atomic mass is 16.5. The summed E-state index contributed by atoms with van der Waals surface area (Å²) in [6.45, 7) is 10.7. The topological polar surface area (TPSA) is 130 Å². The molecule has 4 heterocycles. The van der Waals surface area contributed by atoms with Crippen molar-refractivity contribution in [3.8, 4) is 11.1 Å². The molecule has 2 N–H and O–H groups in total. The van der Waals surface area contributed by atoms with Crippen LogP contribution < -0.4 is 5.32 Å². The zero-order chi connectivity index (χ0) is 26.2. The van der Waals surface area contributed by atoms with Gasteiger partial charge in [-0.2, -0.15) is 10.1 Å². The summed E-state index contributed by atoms with van der Waals surface area (Å²) < 4.78 is 5.28. The maximum atomic E-state index is 12.9. The number of Topliss-reactive ketones (excluding diaryl/α,β-unsaturated/α-hetero) is 1. The molecule has 1 aliphatic heterocycles. The predicted molar refractivity (Wildman–Crippen MR) is 139 cm³/mol. The van der Waals surface area contributed by atoms with Gasteiger partial charge in [0.15, 0.2) is 11.5 Å². The second-order valence-corrected chi connectivity index (χ2v) is 10.2. The number of aromatic amines is 1. The first-order valence-corrected chi connectivity index (χ1v) is 12.2. The zero-order valence-corrected chi connectivity index (χ0v) is 21.1. The smallest absolute Gasteiger partial charge is 0.246 e. The molecule has 0 bridgehead atoms. The first-order chi connectivity index (χ1) is 17.7. The minimum Gasteiger partial charge on any atom is -0.363 e. The van der Waals surface area contributed by atoms with Gasteiger partial charge in [-0.05, 0) is 35.3 Å². The van der Waals surface area contributed by atoms with Crippen molar-refractivity contribution in [2.24, 2.45) is 0 Å². The fourth-order valence-corrected chi connectivity index (χ4v) is 4.45. The maximum Gasteiger partial charge on any atom is 0.246 e. The van der Waals surface area contributed by atoms with Crippen LogP contribution in [0.15, 0.2) is 53.7 Å². The van der Waals surface area contributed by atoms with Gasteiger partial charge in [0.1, 0.15) is 0 Å². The van der Waals surface area contributed by atoms with E-state index < -0.39 is 0 Å². The first kappa shape index (κ1) is 24.4. The fraction of sp³-hybridized carbons (Fsp3) is 0.333. The van der Waals surface area contributed by atoms with Crippen molar-refractivity contribution in [2.75, 3.05) is 18.4 Å². The van der Waals surface area contributed by atoms with Crippen LogP contribution in [0, 0.1) is 0 Å². The van der Waals surface area contributed by atoms with Crippen LogP contribution in [0.2, 0.25) is 0 Å². The SMILES string of the molecule is C=CC(=O)N1CC[C@@H](Nc2n[nH]c3nccc(-c4cccc(CC(=O)c5noc(C(C)(C)C)n5)c4)c23)C1. The van der Waals surface area contributed by atoms with E-state index in [1.54, 1.807) is 11.1 Å². The van der Waals surface area contributed by atoms with Gasteiger partial charge in [0.2, 0.25) is 23.4 Å². The summed E-state index contributed by atoms with van der Waals surface area (Å²) in [5, 5.41) is 15.7. The Bertz CT molecular complexity index is 1480. The van der Waals surface area contributed by atoms with Crippen LogP contribution >= 0.6 is 0 Å². The van der Waals surface area contributed by atoms with Crippen LogP contribution in [-0.2, 0) is 16.6 Å². The Morgan fingerprint density at radius 2 is 2.14 bits per heavy atom. The Hall–Kier alpha value is -4.34. The van der Waals surface area contributed by atoms with Crippen molar-refractivity contribution in [1.82, 2.24) is 30.2 Å². The van der Waals surface area contributed by atoms with E-state index in [2.05, 4.69) is 37.2 Å². The van der Waals surface area contributed by atoms with E-state index in [9.17, 15) is 9.59 Å². The quantitative estimate of drug-likeness (QED) is 0.289. The largest absolute Gasteiger partial charge is 0.363 e. The van der Waals surface area contributed by atoms with Crippen molar-refractivity contribution in [1.29, 1.82) is 0 Å². The van der Waals surface area contributed by atoms with Crippen molar-refractivity contribution in [2.45, 2.75) is 45.1 Å². The number of carbonyl (C=O) groups excluding carboxylic acids is 2. The Kier molecular flexibility index (Phi) is 6.32. The third-order valence-electron chi connectivity index (χ3n) is 6.40. The van der Waals surface area contributed by atoms with Crippen molar-refractivity contribution in [3.05, 3.63) is 66.5 Å². The highest BCUT2D eigenvalue weighted by Gasteiger charge is 2.27. The molecule has 10 heteroatoms. The summed E-state index contributed by atoms with van der Waals surface area (Å²) in [5.41, 5.74) is 3.02. The second kappa shape index (κ2) is 9.61. The van der Waals surface area contributed by atoms with Crippen molar-refractivity contribution < 1.29 is 14.1 Å². The van der Waals surface area contributed by atoms with Gasteiger partial charge in [-0.15, -0.1) is 0 Å². The van der Waals surface area contributed by atoms with Crippen LogP contribution in [0.4, 0.5) is 5.82 Å². The molecule has 0 aliphatic carbocycles. The van der Waals surface area contributed by atoms with Gasteiger partial charge in [-0.3, -0.25) is 14.7 Å². The maximum absolute atomic E-state index is 12.9. The number of nitrogens with zero attached hydrogens (tertiary/aromatic N) is 5. The molecule has 1 fully saturated rings. The lowest BCUT2D eigenvalue weighted by atomic mass is 9.97. The summed E-state index contributed by atoms with van der Waals surface area (Å²) in [7, 11) is 0. The number of nitrogens with one attached hydrogen (secondary N) is 2. The number of pyridine rings is 1. The van der Waals surface area contributed by atoms with Crippen molar-refractivity contribution >= 4 is 28.5 Å². The number of likely N-dealkylation sites (tertiary alicyclic amines) is 1. The molecule has 4 aromatic rings. The molecular weight excluding hydrogens is 470 g/mol. The van der Waals surface area contributed by atoms with Crippen molar-refractivity contribution in [3.63, 3.8) is 0 Å². The summed E-state index contributed by atoms with van der Waals surface area (Å²) in [4.78, 5) is 35.3. The molecule has 37 heavy (non-hydrogen) atoms. The molecule has 1 saturated heterocycles. The average Bonchev–Trinajstić information content (AvgIpc) is 3.64. The molecule has 1 atom stereocenters. The molecule has 0 radical (unpaired) electrons. The average molecular weight is 500 g/mol. The van der Waals surface area contributed by atoms with Crippen LogP contribution in [0.3, 0.4) is 0 Å². The van der Waals surface area contributed by atoms with Gasteiger partial charge >= 0.3 is 0 Å². The van der Waals surface area contributed by atoms with E-state index in [0.29, 0.717) is 30.4 Å². The van der Waals surface area contributed by atoms with Gasteiger partial charge in [0.25, 0.3) is 0 Å². The van der Waals surface area contributed by atoms with Gasteiger partial charge in [-0.25, -0.2) is 4.98 Å². The number of ketones is 1. The Morgan fingerprint density at radius 3 is 2.89 bits per heavy atom.